The average molecular weight is 323 g/mol. The van der Waals surface area contributed by atoms with Crippen LogP contribution in [-0.2, 0) is 19.0 Å². The minimum Gasteiger partial charge on any atom is -0.484 e. The second kappa shape index (κ2) is 10.4. The Bertz CT molecular complexity index is 514. The number of hydrogen-bond acceptors (Lipinski definition) is 7. The lowest BCUT2D eigenvalue weighted by molar-refractivity contribution is -0.140. The highest BCUT2D eigenvalue weighted by Gasteiger charge is 2.14. The molecule has 0 heterocycles. The van der Waals surface area contributed by atoms with Crippen LogP contribution in [0.15, 0.2) is 36.9 Å². The van der Waals surface area contributed by atoms with E-state index in [0.717, 1.165) is 6.08 Å². The number of rotatable bonds is 10. The van der Waals surface area contributed by atoms with Crippen LogP contribution in [0.1, 0.15) is 10.4 Å². The van der Waals surface area contributed by atoms with Crippen molar-refractivity contribution >= 4 is 11.9 Å². The molecule has 0 aromatic heterocycles. The summed E-state index contributed by atoms with van der Waals surface area (Å²) in [7, 11) is 1.52. The van der Waals surface area contributed by atoms with Crippen molar-refractivity contribution in [2.45, 2.75) is 6.10 Å². The van der Waals surface area contributed by atoms with Crippen LogP contribution in [0.25, 0.3) is 0 Å². The minimum absolute atomic E-state index is 0.0268. The Kier molecular flexibility index (Phi) is 8.41. The Morgan fingerprint density at radius 2 is 1.91 bits per heavy atom. The van der Waals surface area contributed by atoms with Gasteiger partial charge >= 0.3 is 11.9 Å². The van der Waals surface area contributed by atoms with Crippen molar-refractivity contribution in [1.82, 2.24) is 0 Å². The van der Waals surface area contributed by atoms with Crippen molar-refractivity contribution in [3.05, 3.63) is 42.5 Å². The summed E-state index contributed by atoms with van der Waals surface area (Å²) in [6.07, 6.45) is 0.602. The molecule has 0 bridgehead atoms. The highest BCUT2D eigenvalue weighted by molar-refractivity contribution is 5.89. The molecule has 0 radical (unpaired) electrons. The van der Waals surface area contributed by atoms with Crippen LogP contribution >= 0.6 is 0 Å². The Hall–Kier alpha value is -2.38. The number of carbonyl (C=O) groups is 2. The van der Waals surface area contributed by atoms with Gasteiger partial charge in [-0.1, -0.05) is 6.58 Å². The van der Waals surface area contributed by atoms with Crippen LogP contribution in [0, 0.1) is 0 Å². The fraction of sp³-hybridized carbons (Fsp3) is 0.375. The molecule has 1 aromatic rings. The summed E-state index contributed by atoms with van der Waals surface area (Å²) in [5.41, 5.74) is 5.67. The van der Waals surface area contributed by atoms with Gasteiger partial charge in [0.2, 0.25) is 0 Å². The monoisotopic (exact) mass is 323 g/mol. The molecule has 0 aliphatic rings. The van der Waals surface area contributed by atoms with Crippen molar-refractivity contribution in [3.8, 4) is 5.75 Å². The summed E-state index contributed by atoms with van der Waals surface area (Å²) in [4.78, 5) is 22.7. The molecule has 0 amide bonds. The van der Waals surface area contributed by atoms with Gasteiger partial charge in [0.15, 0.2) is 6.10 Å². The van der Waals surface area contributed by atoms with E-state index in [4.69, 9.17) is 24.7 Å². The zero-order valence-electron chi connectivity index (χ0n) is 13.0. The Morgan fingerprint density at radius 3 is 2.48 bits per heavy atom. The molecule has 0 spiro atoms. The van der Waals surface area contributed by atoms with Crippen LogP contribution in [-0.4, -0.2) is 51.5 Å². The molecule has 0 saturated heterocycles. The zero-order valence-corrected chi connectivity index (χ0v) is 13.0. The van der Waals surface area contributed by atoms with Gasteiger partial charge in [-0.25, -0.2) is 9.59 Å². The summed E-state index contributed by atoms with van der Waals surface area (Å²) in [5, 5.41) is 0. The lowest BCUT2D eigenvalue weighted by Gasteiger charge is -2.18. The second-order valence-corrected chi connectivity index (χ2v) is 4.48. The van der Waals surface area contributed by atoms with E-state index in [1.165, 1.54) is 7.11 Å². The molecule has 23 heavy (non-hydrogen) atoms. The van der Waals surface area contributed by atoms with Crippen molar-refractivity contribution in [2.24, 2.45) is 5.73 Å². The molecule has 0 aliphatic carbocycles. The number of nitrogens with two attached hydrogens (primary N) is 1. The van der Waals surface area contributed by atoms with Crippen LogP contribution in [0.5, 0.6) is 5.75 Å². The Balaban J connectivity index is 2.60. The van der Waals surface area contributed by atoms with E-state index in [9.17, 15) is 9.59 Å². The number of hydrogen-bond donors (Lipinski definition) is 1. The number of methoxy groups -OCH3 is 1. The summed E-state index contributed by atoms with van der Waals surface area (Å²) >= 11 is 0. The lowest BCUT2D eigenvalue weighted by atomic mass is 10.2. The molecule has 0 fully saturated rings. The zero-order chi connectivity index (χ0) is 17.1. The summed E-state index contributed by atoms with van der Waals surface area (Å²) < 4.78 is 20.5. The average Bonchev–Trinajstić information content (AvgIpc) is 2.58. The molecule has 7 nitrogen and oxygen atoms in total. The minimum atomic E-state index is -0.535. The molecule has 1 aromatic carbocycles. The van der Waals surface area contributed by atoms with E-state index in [0.29, 0.717) is 11.3 Å². The number of benzene rings is 1. The molecule has 1 rings (SSSR count). The fourth-order valence-corrected chi connectivity index (χ4v) is 1.63. The van der Waals surface area contributed by atoms with Crippen molar-refractivity contribution in [3.63, 3.8) is 0 Å². The van der Waals surface area contributed by atoms with Gasteiger partial charge in [0.05, 0.1) is 12.2 Å². The Labute approximate surface area is 135 Å². The van der Waals surface area contributed by atoms with Gasteiger partial charge in [-0.05, 0) is 24.3 Å². The number of carbonyl (C=O) groups excluding carboxylic acids is 2. The van der Waals surface area contributed by atoms with Gasteiger partial charge in [0.25, 0.3) is 0 Å². The normalized spacial score (nSPS) is 11.4. The summed E-state index contributed by atoms with van der Waals surface area (Å²) in [6, 6.07) is 6.40. The predicted octanol–water partition coefficient (Wildman–Crippen LogP) is 0.925. The van der Waals surface area contributed by atoms with Crippen molar-refractivity contribution in [2.75, 3.05) is 33.5 Å². The van der Waals surface area contributed by atoms with E-state index in [-0.39, 0.29) is 26.4 Å². The second-order valence-electron chi connectivity index (χ2n) is 4.48. The quantitative estimate of drug-likeness (QED) is 0.505. The molecule has 0 saturated carbocycles. The van der Waals surface area contributed by atoms with Gasteiger partial charge in [-0.15, -0.1) is 0 Å². The lowest BCUT2D eigenvalue weighted by Crippen LogP contribution is -2.29. The number of esters is 2. The topological polar surface area (TPSA) is 97.1 Å². The third-order valence-electron chi connectivity index (χ3n) is 2.67. The van der Waals surface area contributed by atoms with E-state index in [1.54, 1.807) is 24.3 Å². The maximum absolute atomic E-state index is 11.6. The van der Waals surface area contributed by atoms with E-state index >= 15 is 0 Å². The summed E-state index contributed by atoms with van der Waals surface area (Å²) in [5.74, 6) is -0.472. The first-order valence-electron chi connectivity index (χ1n) is 7.02. The molecule has 0 aliphatic heterocycles. The largest absolute Gasteiger partial charge is 0.484 e. The first kappa shape index (κ1) is 18.7. The Morgan fingerprint density at radius 1 is 1.22 bits per heavy atom. The SMILES string of the molecule is C=CC(=O)OCC(COC)Oc1ccc(C(=O)OCCN)cc1. The van der Waals surface area contributed by atoms with Crippen LogP contribution in [0.2, 0.25) is 0 Å². The highest BCUT2D eigenvalue weighted by Crippen LogP contribution is 2.15. The van der Waals surface area contributed by atoms with Gasteiger partial charge in [-0.3, -0.25) is 0 Å². The van der Waals surface area contributed by atoms with E-state index in [1.807, 2.05) is 0 Å². The van der Waals surface area contributed by atoms with Gasteiger partial charge < -0.3 is 24.7 Å². The maximum Gasteiger partial charge on any atom is 0.338 e. The van der Waals surface area contributed by atoms with Crippen LogP contribution in [0.4, 0.5) is 0 Å². The molecule has 2 N–H and O–H groups in total. The molecule has 1 unspecified atom stereocenters. The molecule has 1 atom stereocenters. The fourth-order valence-electron chi connectivity index (χ4n) is 1.63. The third kappa shape index (κ3) is 6.94. The standard InChI is InChI=1S/C16H21NO6/c1-3-15(18)22-11-14(10-20-2)23-13-6-4-12(5-7-13)16(19)21-9-8-17/h3-7,14H,1,8-11,17H2,2H3. The van der Waals surface area contributed by atoms with Crippen molar-refractivity contribution < 1.29 is 28.5 Å². The van der Waals surface area contributed by atoms with Gasteiger partial charge in [-0.2, -0.15) is 0 Å². The van der Waals surface area contributed by atoms with E-state index < -0.39 is 18.0 Å². The predicted molar refractivity (Wildman–Crippen MR) is 83.2 cm³/mol. The molecular formula is C16H21NO6. The molecule has 126 valence electrons. The molecular weight excluding hydrogens is 302 g/mol. The van der Waals surface area contributed by atoms with Crippen LogP contribution < -0.4 is 10.5 Å². The number of ether oxygens (including phenoxy) is 4. The first-order chi connectivity index (χ1) is 11.1. The van der Waals surface area contributed by atoms with Gasteiger partial charge in [0, 0.05) is 19.7 Å². The summed E-state index contributed by atoms with van der Waals surface area (Å²) in [6.45, 7) is 4.03. The van der Waals surface area contributed by atoms with Crippen LogP contribution in [0.3, 0.4) is 0 Å². The van der Waals surface area contributed by atoms with E-state index in [2.05, 4.69) is 6.58 Å². The van der Waals surface area contributed by atoms with Gasteiger partial charge in [0.1, 0.15) is 19.0 Å². The smallest absolute Gasteiger partial charge is 0.338 e. The third-order valence-corrected chi connectivity index (χ3v) is 2.67. The van der Waals surface area contributed by atoms with Crippen molar-refractivity contribution in [1.29, 1.82) is 0 Å². The maximum atomic E-state index is 11.6. The first-order valence-corrected chi connectivity index (χ1v) is 7.02. The molecule has 7 heteroatoms. The highest BCUT2D eigenvalue weighted by atomic mass is 16.6.